The number of piperidine rings is 4. The summed E-state index contributed by atoms with van der Waals surface area (Å²) in [7, 11) is 2.14. The summed E-state index contributed by atoms with van der Waals surface area (Å²) in [6.45, 7) is 4.55. The van der Waals surface area contributed by atoms with Crippen LogP contribution >= 0.6 is 0 Å². The van der Waals surface area contributed by atoms with E-state index in [9.17, 15) is 15.0 Å². The molecule has 1 aromatic rings. The van der Waals surface area contributed by atoms with Gasteiger partial charge in [-0.15, -0.1) is 0 Å². The van der Waals surface area contributed by atoms with Crippen molar-refractivity contribution in [3.63, 3.8) is 0 Å². The van der Waals surface area contributed by atoms with Gasteiger partial charge in [-0.3, -0.25) is 4.48 Å². The zero-order valence-electron chi connectivity index (χ0n) is 18.1. The first-order valence-electron chi connectivity index (χ1n) is 11.6. The summed E-state index contributed by atoms with van der Waals surface area (Å²) in [5, 5.41) is 23.7. The molecule has 6 nitrogen and oxygen atoms in total. The van der Waals surface area contributed by atoms with Crippen LogP contribution in [0.1, 0.15) is 38.7 Å². The van der Waals surface area contributed by atoms with Crippen LogP contribution in [0.2, 0.25) is 0 Å². The molecular weight excluding hydrogens is 380 g/mol. The van der Waals surface area contributed by atoms with E-state index >= 15 is 0 Å². The maximum absolute atomic E-state index is 12.8. The van der Waals surface area contributed by atoms with Crippen LogP contribution in [0.4, 0.5) is 5.69 Å². The first-order valence-corrected chi connectivity index (χ1v) is 11.6. The summed E-state index contributed by atoms with van der Waals surface area (Å²) >= 11 is 0. The zero-order valence-corrected chi connectivity index (χ0v) is 18.1. The number of likely N-dealkylation sites (N-methyl/N-ethyl adjacent to an activating group) is 1. The standard InChI is InChI=1S/C24H33N2O4/c1-4-13-14-10-17-21-24(15-8-6-7-9-16(15)25(21)3)11-18(20(14)22(24)28)26(17,23(13)29)12-19(27)30-5-2/h6-9,13-14,17-18,20-23,28-29H,4-5,10-12H2,1-3H3/q+1/t13?,14-,17?,18-,20?,21?,22-,23+,24?,26?/m0/s1. The highest BCUT2D eigenvalue weighted by Crippen LogP contribution is 2.71. The Hall–Kier alpha value is -1.63. The molecular formula is C24H33N2O4+. The van der Waals surface area contributed by atoms with Crippen LogP contribution in [-0.2, 0) is 14.9 Å². The van der Waals surface area contributed by atoms with Crippen molar-refractivity contribution in [1.82, 2.24) is 0 Å². The van der Waals surface area contributed by atoms with Crippen LogP contribution in [-0.4, -0.2) is 71.3 Å². The Bertz CT molecular complexity index is 907. The Balaban J connectivity index is 1.57. The topological polar surface area (TPSA) is 70.0 Å². The monoisotopic (exact) mass is 413 g/mol. The second-order valence-electron chi connectivity index (χ2n) is 10.3. The molecule has 0 aromatic heterocycles. The minimum absolute atomic E-state index is 0.0954. The number of nitrogens with zero attached hydrogens (tertiary/aromatic N) is 2. The smallest absolute Gasteiger partial charge is 0.361 e. The Kier molecular flexibility index (Phi) is 3.81. The van der Waals surface area contributed by atoms with E-state index in [1.165, 1.54) is 11.3 Å². The predicted molar refractivity (Wildman–Crippen MR) is 112 cm³/mol. The van der Waals surface area contributed by atoms with Crippen LogP contribution < -0.4 is 4.90 Å². The normalized spacial score (nSPS) is 49.3. The molecule has 1 aromatic carbocycles. The number of carbonyl (C=O) groups is 1. The molecule has 0 radical (unpaired) electrons. The van der Waals surface area contributed by atoms with Crippen molar-refractivity contribution < 1.29 is 24.2 Å². The lowest BCUT2D eigenvalue weighted by molar-refractivity contribution is -1.03. The van der Waals surface area contributed by atoms with Crippen LogP contribution in [0.15, 0.2) is 24.3 Å². The number of quaternary nitrogens is 1. The molecule has 30 heavy (non-hydrogen) atoms. The lowest BCUT2D eigenvalue weighted by Crippen LogP contribution is -2.83. The number of carbonyl (C=O) groups excluding carboxylic acids is 1. The summed E-state index contributed by atoms with van der Waals surface area (Å²) in [6, 6.07) is 8.84. The van der Waals surface area contributed by atoms with E-state index in [0.29, 0.717) is 17.0 Å². The number of hydrogen-bond acceptors (Lipinski definition) is 5. The van der Waals surface area contributed by atoms with E-state index in [-0.39, 0.29) is 47.9 Å². The molecule has 5 aliphatic heterocycles. The Morgan fingerprint density at radius 2 is 2.03 bits per heavy atom. The molecule has 6 unspecified atom stereocenters. The van der Waals surface area contributed by atoms with E-state index < -0.39 is 12.3 Å². The SMILES string of the molecule is CCOC(=O)C[N+]12C3C[C@@H](C(CC)[C@H]1O)C1[C@H](O)C4(C[C@@H]12)c1ccccc1N(C)C34. The number of hydrogen-bond donors (Lipinski definition) is 2. The number of anilines is 1. The fourth-order valence-electron chi connectivity index (χ4n) is 9.13. The van der Waals surface area contributed by atoms with E-state index in [0.717, 1.165) is 19.3 Å². The number of benzene rings is 1. The molecule has 1 spiro atoms. The molecule has 7 rings (SSSR count). The average Bonchev–Trinajstić information content (AvgIpc) is 3.11. The van der Waals surface area contributed by atoms with Gasteiger partial charge in [0.1, 0.15) is 6.04 Å². The van der Waals surface area contributed by atoms with Gasteiger partial charge in [0.25, 0.3) is 0 Å². The van der Waals surface area contributed by atoms with Gasteiger partial charge in [-0.05, 0) is 30.9 Å². The van der Waals surface area contributed by atoms with Gasteiger partial charge in [-0.25, -0.2) is 4.79 Å². The number of fused-ring (bicyclic) bond motifs is 2. The molecule has 5 bridgehead atoms. The number of aliphatic hydroxyl groups excluding tert-OH is 2. The van der Waals surface area contributed by atoms with Gasteiger partial charge in [0, 0.05) is 37.4 Å². The van der Waals surface area contributed by atoms with Crippen molar-refractivity contribution in [2.75, 3.05) is 25.1 Å². The number of aliphatic hydroxyl groups is 2. The molecule has 6 aliphatic rings. The summed E-state index contributed by atoms with van der Waals surface area (Å²) in [5.74, 6) is 0.361. The van der Waals surface area contributed by atoms with Gasteiger partial charge in [-0.2, -0.15) is 0 Å². The minimum atomic E-state index is -0.565. The van der Waals surface area contributed by atoms with E-state index in [4.69, 9.17) is 4.74 Å². The van der Waals surface area contributed by atoms with Crippen LogP contribution in [0.3, 0.4) is 0 Å². The number of rotatable bonds is 4. The van der Waals surface area contributed by atoms with Crippen LogP contribution in [0, 0.1) is 17.8 Å². The molecule has 5 heterocycles. The third-order valence-electron chi connectivity index (χ3n) is 9.83. The van der Waals surface area contributed by atoms with Crippen molar-refractivity contribution in [2.45, 2.75) is 69.0 Å². The lowest BCUT2D eigenvalue weighted by Gasteiger charge is -2.67. The number of ether oxygens (including phenoxy) is 1. The zero-order chi connectivity index (χ0) is 21.0. The van der Waals surface area contributed by atoms with E-state index in [2.05, 4.69) is 43.1 Å². The van der Waals surface area contributed by atoms with Crippen LogP contribution in [0.5, 0.6) is 0 Å². The predicted octanol–water partition coefficient (Wildman–Crippen LogP) is 1.63. The number of para-hydroxylation sites is 1. The molecule has 0 amide bonds. The lowest BCUT2D eigenvalue weighted by atomic mass is 9.60. The van der Waals surface area contributed by atoms with Gasteiger partial charge >= 0.3 is 5.97 Å². The maximum Gasteiger partial charge on any atom is 0.361 e. The van der Waals surface area contributed by atoms with Gasteiger partial charge in [0.2, 0.25) is 0 Å². The highest BCUT2D eigenvalue weighted by Gasteiger charge is 2.83. The fourth-order valence-corrected chi connectivity index (χ4v) is 9.13. The van der Waals surface area contributed by atoms with Crippen molar-refractivity contribution in [1.29, 1.82) is 0 Å². The average molecular weight is 414 g/mol. The Morgan fingerprint density at radius 3 is 2.77 bits per heavy atom. The second kappa shape index (κ2) is 5.99. The minimum Gasteiger partial charge on any atom is -0.462 e. The molecule has 2 N–H and O–H groups in total. The second-order valence-corrected chi connectivity index (χ2v) is 10.3. The highest BCUT2D eigenvalue weighted by atomic mass is 16.5. The summed E-state index contributed by atoms with van der Waals surface area (Å²) < 4.78 is 5.81. The molecule has 5 fully saturated rings. The van der Waals surface area contributed by atoms with Gasteiger partial charge in [0.15, 0.2) is 12.8 Å². The number of esters is 1. The molecule has 1 aliphatic carbocycles. The van der Waals surface area contributed by atoms with Crippen LogP contribution in [0.25, 0.3) is 0 Å². The van der Waals surface area contributed by atoms with Gasteiger partial charge in [-0.1, -0.05) is 25.1 Å². The summed E-state index contributed by atoms with van der Waals surface area (Å²) in [4.78, 5) is 15.2. The molecule has 1 saturated carbocycles. The largest absolute Gasteiger partial charge is 0.462 e. The Labute approximate surface area is 178 Å². The Morgan fingerprint density at radius 1 is 1.27 bits per heavy atom. The van der Waals surface area contributed by atoms with Crippen molar-refractivity contribution >= 4 is 11.7 Å². The fraction of sp³-hybridized carbons (Fsp3) is 0.708. The third kappa shape index (κ3) is 1.83. The van der Waals surface area contributed by atoms with Crippen molar-refractivity contribution in [3.05, 3.63) is 29.8 Å². The first kappa shape index (κ1) is 19.1. The van der Waals surface area contributed by atoms with Gasteiger partial charge < -0.3 is 19.8 Å². The molecule has 10 atom stereocenters. The quantitative estimate of drug-likeness (QED) is 0.580. The molecule has 4 saturated heterocycles. The third-order valence-corrected chi connectivity index (χ3v) is 9.83. The van der Waals surface area contributed by atoms with Gasteiger partial charge in [0.05, 0.1) is 30.2 Å². The molecule has 162 valence electrons. The van der Waals surface area contributed by atoms with Crippen molar-refractivity contribution in [2.24, 2.45) is 17.8 Å². The van der Waals surface area contributed by atoms with E-state index in [1.54, 1.807) is 0 Å². The van der Waals surface area contributed by atoms with Crippen molar-refractivity contribution in [3.8, 4) is 0 Å². The first-order chi connectivity index (χ1) is 14.4. The summed E-state index contributed by atoms with van der Waals surface area (Å²) in [6.07, 6.45) is 1.69. The highest BCUT2D eigenvalue weighted by molar-refractivity contribution is 5.71. The van der Waals surface area contributed by atoms with E-state index in [1.807, 2.05) is 6.92 Å². The molecule has 6 heteroatoms. The maximum atomic E-state index is 12.8. The summed E-state index contributed by atoms with van der Waals surface area (Å²) in [5.41, 5.74) is 2.17.